The second-order valence-corrected chi connectivity index (χ2v) is 7.23. The number of piperidine rings is 1. The summed E-state index contributed by atoms with van der Waals surface area (Å²) in [6.45, 7) is 5.45. The number of nitrogens with one attached hydrogen (secondary N) is 1. The maximum Gasteiger partial charge on any atom is 0.223 e. The van der Waals surface area contributed by atoms with Crippen molar-refractivity contribution in [3.05, 3.63) is 71.5 Å². The van der Waals surface area contributed by atoms with E-state index in [1.165, 1.54) is 17.7 Å². The van der Waals surface area contributed by atoms with Crippen molar-refractivity contribution in [3.63, 3.8) is 0 Å². The van der Waals surface area contributed by atoms with Crippen LogP contribution in [0.2, 0.25) is 0 Å². The first-order chi connectivity index (χ1) is 12.6. The molecule has 1 atom stereocenters. The number of nitrogens with zero attached hydrogens (tertiary/aromatic N) is 1. The predicted octanol–water partition coefficient (Wildman–Crippen LogP) is 3.96. The maximum atomic E-state index is 13.0. The van der Waals surface area contributed by atoms with Crippen LogP contribution in [0, 0.1) is 11.7 Å². The molecular weight excluding hydrogens is 327 g/mol. The lowest BCUT2D eigenvalue weighted by atomic mass is 9.95. The number of benzene rings is 2. The standard InChI is InChI=1S/C22H27FN2O/c1-17(19-5-3-2-4-6-19)15-24-22(26)20-11-13-25(14-12-20)16-18-7-9-21(23)10-8-18/h2-10,17,20H,11-16H2,1H3,(H,24,26)/t17-/m1/s1. The zero-order chi connectivity index (χ0) is 18.4. The highest BCUT2D eigenvalue weighted by atomic mass is 19.1. The summed E-state index contributed by atoms with van der Waals surface area (Å²) in [7, 11) is 0. The molecule has 1 aliphatic rings. The molecule has 1 heterocycles. The predicted molar refractivity (Wildman–Crippen MR) is 102 cm³/mol. The number of carbonyl (C=O) groups is 1. The Hall–Kier alpha value is -2.20. The molecule has 26 heavy (non-hydrogen) atoms. The molecule has 0 radical (unpaired) electrons. The van der Waals surface area contributed by atoms with E-state index in [0.717, 1.165) is 38.0 Å². The van der Waals surface area contributed by atoms with Crippen LogP contribution in [0.15, 0.2) is 54.6 Å². The second-order valence-electron chi connectivity index (χ2n) is 7.23. The number of likely N-dealkylation sites (tertiary alicyclic amines) is 1. The first-order valence-corrected chi connectivity index (χ1v) is 9.41. The number of amides is 1. The number of hydrogen-bond donors (Lipinski definition) is 1. The molecule has 1 amide bonds. The van der Waals surface area contributed by atoms with Gasteiger partial charge >= 0.3 is 0 Å². The average Bonchev–Trinajstić information content (AvgIpc) is 2.69. The Kier molecular flexibility index (Phi) is 6.40. The maximum absolute atomic E-state index is 13.0. The van der Waals surface area contributed by atoms with Crippen molar-refractivity contribution in [1.29, 1.82) is 0 Å². The van der Waals surface area contributed by atoms with Crippen LogP contribution < -0.4 is 5.32 Å². The number of hydrogen-bond acceptors (Lipinski definition) is 2. The Morgan fingerprint density at radius 1 is 1.12 bits per heavy atom. The first-order valence-electron chi connectivity index (χ1n) is 9.41. The summed E-state index contributed by atoms with van der Waals surface area (Å²) in [4.78, 5) is 14.8. The molecule has 0 aliphatic carbocycles. The van der Waals surface area contributed by atoms with Gasteiger partial charge in [0.25, 0.3) is 0 Å². The van der Waals surface area contributed by atoms with Gasteiger partial charge in [0.15, 0.2) is 0 Å². The van der Waals surface area contributed by atoms with E-state index in [4.69, 9.17) is 0 Å². The van der Waals surface area contributed by atoms with Gasteiger partial charge in [-0.05, 0) is 55.1 Å². The van der Waals surface area contributed by atoms with E-state index < -0.39 is 0 Å². The Morgan fingerprint density at radius 3 is 2.42 bits per heavy atom. The van der Waals surface area contributed by atoms with Crippen LogP contribution in [-0.4, -0.2) is 30.4 Å². The number of carbonyl (C=O) groups excluding carboxylic acids is 1. The molecule has 0 unspecified atom stereocenters. The molecule has 0 saturated carbocycles. The van der Waals surface area contributed by atoms with Crippen LogP contribution in [-0.2, 0) is 11.3 Å². The summed E-state index contributed by atoms with van der Waals surface area (Å²) in [5.74, 6) is 0.393. The fourth-order valence-electron chi connectivity index (χ4n) is 3.50. The van der Waals surface area contributed by atoms with Gasteiger partial charge < -0.3 is 5.32 Å². The summed E-state index contributed by atoms with van der Waals surface area (Å²) in [6, 6.07) is 16.9. The van der Waals surface area contributed by atoms with E-state index in [1.807, 2.05) is 30.3 Å². The van der Waals surface area contributed by atoms with Gasteiger partial charge in [0.05, 0.1) is 0 Å². The van der Waals surface area contributed by atoms with Gasteiger partial charge in [-0.3, -0.25) is 9.69 Å². The van der Waals surface area contributed by atoms with Gasteiger partial charge in [0.1, 0.15) is 5.82 Å². The van der Waals surface area contributed by atoms with E-state index in [9.17, 15) is 9.18 Å². The zero-order valence-electron chi connectivity index (χ0n) is 15.3. The third-order valence-electron chi connectivity index (χ3n) is 5.23. The highest BCUT2D eigenvalue weighted by Gasteiger charge is 2.25. The smallest absolute Gasteiger partial charge is 0.223 e. The van der Waals surface area contributed by atoms with Crippen LogP contribution >= 0.6 is 0 Å². The monoisotopic (exact) mass is 354 g/mol. The van der Waals surface area contributed by atoms with Crippen LogP contribution in [0.1, 0.15) is 36.8 Å². The summed E-state index contributed by atoms with van der Waals surface area (Å²) in [5.41, 5.74) is 2.37. The summed E-state index contributed by atoms with van der Waals surface area (Å²) in [5, 5.41) is 3.12. The van der Waals surface area contributed by atoms with Crippen molar-refractivity contribution in [1.82, 2.24) is 10.2 Å². The molecule has 0 spiro atoms. The topological polar surface area (TPSA) is 32.3 Å². The van der Waals surface area contributed by atoms with Crippen LogP contribution in [0.3, 0.4) is 0 Å². The molecule has 1 saturated heterocycles. The Morgan fingerprint density at radius 2 is 1.77 bits per heavy atom. The number of halogens is 1. The van der Waals surface area contributed by atoms with Crippen molar-refractivity contribution < 1.29 is 9.18 Å². The van der Waals surface area contributed by atoms with E-state index in [0.29, 0.717) is 12.5 Å². The Labute approximate surface area is 155 Å². The lowest BCUT2D eigenvalue weighted by Gasteiger charge is -2.31. The summed E-state index contributed by atoms with van der Waals surface area (Å²) in [6.07, 6.45) is 1.76. The molecular formula is C22H27FN2O. The van der Waals surface area contributed by atoms with E-state index in [2.05, 4.69) is 29.3 Å². The molecule has 2 aromatic rings. The lowest BCUT2D eigenvalue weighted by Crippen LogP contribution is -2.41. The Balaban J connectivity index is 1.41. The zero-order valence-corrected chi connectivity index (χ0v) is 15.3. The third-order valence-corrected chi connectivity index (χ3v) is 5.23. The largest absolute Gasteiger partial charge is 0.355 e. The highest BCUT2D eigenvalue weighted by Crippen LogP contribution is 2.20. The van der Waals surface area contributed by atoms with Crippen LogP contribution in [0.25, 0.3) is 0 Å². The van der Waals surface area contributed by atoms with E-state index >= 15 is 0 Å². The molecule has 1 N–H and O–H groups in total. The minimum absolute atomic E-state index is 0.0995. The van der Waals surface area contributed by atoms with Crippen LogP contribution in [0.5, 0.6) is 0 Å². The minimum atomic E-state index is -0.200. The van der Waals surface area contributed by atoms with E-state index in [1.54, 1.807) is 0 Å². The van der Waals surface area contributed by atoms with Gasteiger partial charge in [-0.2, -0.15) is 0 Å². The molecule has 1 fully saturated rings. The molecule has 3 nitrogen and oxygen atoms in total. The molecule has 4 heteroatoms. The molecule has 3 rings (SSSR count). The molecule has 2 aromatic carbocycles. The van der Waals surface area contributed by atoms with Gasteiger partial charge in [0.2, 0.25) is 5.91 Å². The highest BCUT2D eigenvalue weighted by molar-refractivity contribution is 5.78. The second kappa shape index (κ2) is 8.95. The van der Waals surface area contributed by atoms with Crippen molar-refractivity contribution in [3.8, 4) is 0 Å². The van der Waals surface area contributed by atoms with Gasteiger partial charge in [-0.1, -0.05) is 49.4 Å². The van der Waals surface area contributed by atoms with Gasteiger partial charge in [0, 0.05) is 19.0 Å². The van der Waals surface area contributed by atoms with E-state index in [-0.39, 0.29) is 17.6 Å². The Bertz CT molecular complexity index is 694. The van der Waals surface area contributed by atoms with Gasteiger partial charge in [-0.15, -0.1) is 0 Å². The first kappa shape index (κ1) is 18.6. The van der Waals surface area contributed by atoms with Crippen molar-refractivity contribution >= 4 is 5.91 Å². The van der Waals surface area contributed by atoms with Crippen molar-refractivity contribution in [2.75, 3.05) is 19.6 Å². The average molecular weight is 354 g/mol. The van der Waals surface area contributed by atoms with Crippen molar-refractivity contribution in [2.24, 2.45) is 5.92 Å². The molecule has 1 aliphatic heterocycles. The lowest BCUT2D eigenvalue weighted by molar-refractivity contribution is -0.126. The van der Waals surface area contributed by atoms with Crippen LogP contribution in [0.4, 0.5) is 4.39 Å². The summed E-state index contributed by atoms with van der Waals surface area (Å²) < 4.78 is 13.0. The van der Waals surface area contributed by atoms with Crippen molar-refractivity contribution in [2.45, 2.75) is 32.2 Å². The normalized spacial score (nSPS) is 17.0. The minimum Gasteiger partial charge on any atom is -0.355 e. The number of rotatable bonds is 6. The fourth-order valence-corrected chi connectivity index (χ4v) is 3.50. The summed E-state index contributed by atoms with van der Waals surface area (Å²) >= 11 is 0. The quantitative estimate of drug-likeness (QED) is 0.852. The fraction of sp³-hybridized carbons (Fsp3) is 0.409. The molecule has 0 bridgehead atoms. The molecule has 138 valence electrons. The third kappa shape index (κ3) is 5.15. The SMILES string of the molecule is C[C@H](CNC(=O)C1CCN(Cc2ccc(F)cc2)CC1)c1ccccc1. The van der Waals surface area contributed by atoms with Gasteiger partial charge in [-0.25, -0.2) is 4.39 Å². The molecule has 0 aromatic heterocycles.